The van der Waals surface area contributed by atoms with E-state index in [0.717, 1.165) is 43.6 Å². The minimum absolute atomic E-state index is 0.0703. The molecule has 1 aliphatic rings. The molecule has 0 saturated carbocycles. The molecule has 5 nitrogen and oxygen atoms in total. The van der Waals surface area contributed by atoms with Crippen LogP contribution in [0.2, 0.25) is 0 Å². The summed E-state index contributed by atoms with van der Waals surface area (Å²) in [6.07, 6.45) is 3.56. The lowest BCUT2D eigenvalue weighted by Crippen LogP contribution is -2.31. The Balaban J connectivity index is 1.78. The molecule has 122 valence electrons. The second-order valence-electron chi connectivity index (χ2n) is 6.29. The van der Waals surface area contributed by atoms with Crippen LogP contribution in [0.15, 0.2) is 29.6 Å². The average Bonchev–Trinajstić information content (AvgIpc) is 2.48. The SMILES string of the molecule is Cc1ccc(CN2CCc3nc(S(C)(=O)=O)ncc3C2)c(C)c1. The molecule has 0 radical (unpaired) electrons. The zero-order valence-corrected chi connectivity index (χ0v) is 14.5. The van der Waals surface area contributed by atoms with Gasteiger partial charge in [0.15, 0.2) is 0 Å². The summed E-state index contributed by atoms with van der Waals surface area (Å²) < 4.78 is 23.1. The minimum Gasteiger partial charge on any atom is -0.294 e. The van der Waals surface area contributed by atoms with Gasteiger partial charge in [0.2, 0.25) is 15.0 Å². The Bertz CT molecular complexity index is 847. The van der Waals surface area contributed by atoms with Gasteiger partial charge in [-0.3, -0.25) is 4.90 Å². The molecule has 3 rings (SSSR count). The van der Waals surface area contributed by atoms with Gasteiger partial charge in [-0.25, -0.2) is 18.4 Å². The lowest BCUT2D eigenvalue weighted by Gasteiger charge is -2.28. The third-order valence-corrected chi connectivity index (χ3v) is 5.07. The summed E-state index contributed by atoms with van der Waals surface area (Å²) in [4.78, 5) is 10.6. The lowest BCUT2D eigenvalue weighted by molar-refractivity contribution is 0.241. The van der Waals surface area contributed by atoms with Crippen LogP contribution >= 0.6 is 0 Å². The number of fused-ring (bicyclic) bond motifs is 1. The van der Waals surface area contributed by atoms with Crippen LogP contribution in [0.1, 0.15) is 27.9 Å². The van der Waals surface area contributed by atoms with E-state index in [1.807, 2.05) is 0 Å². The third-order valence-electron chi connectivity index (χ3n) is 4.21. The van der Waals surface area contributed by atoms with E-state index in [1.54, 1.807) is 6.20 Å². The van der Waals surface area contributed by atoms with E-state index in [4.69, 9.17) is 0 Å². The van der Waals surface area contributed by atoms with E-state index in [-0.39, 0.29) is 5.16 Å². The van der Waals surface area contributed by atoms with E-state index >= 15 is 0 Å². The van der Waals surface area contributed by atoms with Crippen molar-refractivity contribution >= 4 is 9.84 Å². The Morgan fingerprint density at radius 1 is 1.26 bits per heavy atom. The smallest absolute Gasteiger partial charge is 0.246 e. The van der Waals surface area contributed by atoms with Gasteiger partial charge in [0.05, 0.1) is 5.69 Å². The predicted molar refractivity (Wildman–Crippen MR) is 88.9 cm³/mol. The molecule has 0 fully saturated rings. The van der Waals surface area contributed by atoms with Crippen LogP contribution in [0.25, 0.3) is 0 Å². The molecule has 2 aromatic rings. The highest BCUT2D eigenvalue weighted by molar-refractivity contribution is 7.90. The number of benzene rings is 1. The monoisotopic (exact) mass is 331 g/mol. The largest absolute Gasteiger partial charge is 0.294 e. The van der Waals surface area contributed by atoms with Gasteiger partial charge in [-0.2, -0.15) is 0 Å². The van der Waals surface area contributed by atoms with Crippen LogP contribution in [0.4, 0.5) is 0 Å². The van der Waals surface area contributed by atoms with E-state index in [2.05, 4.69) is 46.9 Å². The van der Waals surface area contributed by atoms with E-state index in [1.165, 1.54) is 16.7 Å². The van der Waals surface area contributed by atoms with Crippen molar-refractivity contribution in [2.45, 2.75) is 38.5 Å². The Labute approximate surface area is 137 Å². The molecule has 2 heterocycles. The van der Waals surface area contributed by atoms with Gasteiger partial charge in [0, 0.05) is 44.1 Å². The van der Waals surface area contributed by atoms with Crippen LogP contribution in [0.3, 0.4) is 0 Å². The molecule has 0 aliphatic carbocycles. The highest BCUT2D eigenvalue weighted by atomic mass is 32.2. The molecule has 0 spiro atoms. The van der Waals surface area contributed by atoms with Crippen LogP contribution in [-0.2, 0) is 29.3 Å². The molecule has 0 N–H and O–H groups in total. The van der Waals surface area contributed by atoms with Gasteiger partial charge < -0.3 is 0 Å². The fourth-order valence-electron chi connectivity index (χ4n) is 2.93. The van der Waals surface area contributed by atoms with Gasteiger partial charge in [-0.05, 0) is 25.0 Å². The molecule has 23 heavy (non-hydrogen) atoms. The number of aromatic nitrogens is 2. The van der Waals surface area contributed by atoms with Gasteiger partial charge in [0.1, 0.15) is 0 Å². The van der Waals surface area contributed by atoms with Crippen LogP contribution < -0.4 is 0 Å². The van der Waals surface area contributed by atoms with E-state index < -0.39 is 9.84 Å². The standard InChI is InChI=1S/C17H21N3O2S/c1-12-4-5-14(13(2)8-12)10-20-7-6-16-15(11-20)9-18-17(19-16)23(3,21)22/h4-5,8-9H,6-7,10-11H2,1-3H3. The quantitative estimate of drug-likeness (QED) is 0.806. The van der Waals surface area contributed by atoms with Crippen molar-refractivity contribution in [2.24, 2.45) is 0 Å². The number of nitrogens with zero attached hydrogens (tertiary/aromatic N) is 3. The maximum atomic E-state index is 11.6. The topological polar surface area (TPSA) is 63.2 Å². The van der Waals surface area contributed by atoms with Crippen LogP contribution in [0, 0.1) is 13.8 Å². The van der Waals surface area contributed by atoms with Crippen molar-refractivity contribution in [2.75, 3.05) is 12.8 Å². The number of hydrogen-bond donors (Lipinski definition) is 0. The molecule has 0 atom stereocenters. The molecule has 0 saturated heterocycles. The zero-order chi connectivity index (χ0) is 16.6. The molecule has 0 bridgehead atoms. The summed E-state index contributed by atoms with van der Waals surface area (Å²) in [5.41, 5.74) is 5.79. The fraction of sp³-hybridized carbons (Fsp3) is 0.412. The van der Waals surface area contributed by atoms with Crippen LogP contribution in [0.5, 0.6) is 0 Å². The summed E-state index contributed by atoms with van der Waals surface area (Å²) in [5.74, 6) is 0. The molecule has 0 amide bonds. The van der Waals surface area contributed by atoms with Crippen molar-refractivity contribution in [3.05, 3.63) is 52.3 Å². The second kappa shape index (κ2) is 6.02. The fourth-order valence-corrected chi connectivity index (χ4v) is 3.45. The Morgan fingerprint density at radius 2 is 2.04 bits per heavy atom. The van der Waals surface area contributed by atoms with Crippen molar-refractivity contribution in [1.82, 2.24) is 14.9 Å². The number of rotatable bonds is 3. The van der Waals surface area contributed by atoms with Gasteiger partial charge in [-0.1, -0.05) is 23.8 Å². The van der Waals surface area contributed by atoms with Crippen molar-refractivity contribution in [3.8, 4) is 0 Å². The van der Waals surface area contributed by atoms with Gasteiger partial charge in [-0.15, -0.1) is 0 Å². The Hall–Kier alpha value is -1.79. The highest BCUT2D eigenvalue weighted by Crippen LogP contribution is 2.21. The molecule has 1 aromatic carbocycles. The van der Waals surface area contributed by atoms with Crippen LogP contribution in [-0.4, -0.2) is 36.1 Å². The maximum Gasteiger partial charge on any atom is 0.246 e. The zero-order valence-electron chi connectivity index (χ0n) is 13.7. The summed E-state index contributed by atoms with van der Waals surface area (Å²) in [6.45, 7) is 6.76. The molecular formula is C17H21N3O2S. The van der Waals surface area contributed by atoms with Crippen molar-refractivity contribution < 1.29 is 8.42 Å². The lowest BCUT2D eigenvalue weighted by atomic mass is 10.0. The number of aryl methyl sites for hydroxylation is 2. The highest BCUT2D eigenvalue weighted by Gasteiger charge is 2.21. The minimum atomic E-state index is -3.34. The van der Waals surface area contributed by atoms with E-state index in [0.29, 0.717) is 0 Å². The average molecular weight is 331 g/mol. The van der Waals surface area contributed by atoms with Gasteiger partial charge >= 0.3 is 0 Å². The summed E-state index contributed by atoms with van der Waals surface area (Å²) in [6, 6.07) is 6.53. The van der Waals surface area contributed by atoms with E-state index in [9.17, 15) is 8.42 Å². The number of sulfone groups is 1. The molecule has 6 heteroatoms. The second-order valence-corrected chi connectivity index (χ2v) is 8.20. The number of hydrogen-bond acceptors (Lipinski definition) is 5. The molecule has 1 aromatic heterocycles. The summed E-state index contributed by atoms with van der Waals surface area (Å²) >= 11 is 0. The summed E-state index contributed by atoms with van der Waals surface area (Å²) in [7, 11) is -3.34. The van der Waals surface area contributed by atoms with Crippen molar-refractivity contribution in [1.29, 1.82) is 0 Å². The maximum absolute atomic E-state index is 11.6. The first-order valence-corrected chi connectivity index (χ1v) is 9.55. The van der Waals surface area contributed by atoms with Gasteiger partial charge in [0.25, 0.3) is 0 Å². The molecule has 0 unspecified atom stereocenters. The Kier molecular flexibility index (Phi) is 4.21. The molecular weight excluding hydrogens is 310 g/mol. The molecule has 1 aliphatic heterocycles. The first kappa shape index (κ1) is 16.1. The Morgan fingerprint density at radius 3 is 2.74 bits per heavy atom. The normalized spacial score (nSPS) is 15.4. The summed E-state index contributed by atoms with van der Waals surface area (Å²) in [5, 5.41) is -0.0703. The predicted octanol–water partition coefficient (Wildman–Crippen LogP) is 2.06. The van der Waals surface area contributed by atoms with Crippen molar-refractivity contribution in [3.63, 3.8) is 0 Å². The third kappa shape index (κ3) is 3.59. The first-order chi connectivity index (χ1) is 10.8. The first-order valence-electron chi connectivity index (χ1n) is 7.66.